The van der Waals surface area contributed by atoms with Gasteiger partial charge in [0, 0.05) is 0 Å². The van der Waals surface area contributed by atoms with E-state index in [4.69, 9.17) is 0 Å². The van der Waals surface area contributed by atoms with E-state index in [9.17, 15) is 21.6 Å². The lowest BCUT2D eigenvalue weighted by Crippen LogP contribution is -2.36. The SMILES string of the molecule is Cc1cc2c3c4c5c(cc(C)c14)S(=O)(=O)C1=C(Cc4ccccc41)C5C(=O)C3C1=C(c3ccccc3C1)S2(=O)=O. The van der Waals surface area contributed by atoms with E-state index < -0.39 is 31.5 Å². The molecule has 0 fully saturated rings. The van der Waals surface area contributed by atoms with Gasteiger partial charge in [0.1, 0.15) is 0 Å². The Morgan fingerprint density at radius 2 is 1.05 bits per heavy atom. The molecule has 2 atom stereocenters. The molecule has 4 aromatic rings. The summed E-state index contributed by atoms with van der Waals surface area (Å²) in [5.74, 6) is -1.60. The van der Waals surface area contributed by atoms with Crippen LogP contribution >= 0.6 is 0 Å². The quantitative estimate of drug-likeness (QED) is 0.274. The Kier molecular flexibility index (Phi) is 3.96. The highest BCUT2D eigenvalue weighted by Crippen LogP contribution is 2.62. The van der Waals surface area contributed by atoms with Crippen LogP contribution in [-0.4, -0.2) is 22.6 Å². The van der Waals surface area contributed by atoms with Gasteiger partial charge in [-0.1, -0.05) is 48.5 Å². The maximum atomic E-state index is 14.9. The largest absolute Gasteiger partial charge is 0.298 e. The molecule has 0 saturated carbocycles. The molecule has 0 saturated heterocycles. The van der Waals surface area contributed by atoms with Crippen LogP contribution in [0.3, 0.4) is 0 Å². The van der Waals surface area contributed by atoms with E-state index in [0.717, 1.165) is 27.6 Å². The Labute approximate surface area is 231 Å². The number of Topliss-reactive ketones (excluding diaryl/α,β-unsaturated/α-hetero) is 1. The number of carbonyl (C=O) groups excluding carboxylic acids is 1. The van der Waals surface area contributed by atoms with Crippen LogP contribution in [-0.2, 0) is 37.3 Å². The number of benzene rings is 4. The summed E-state index contributed by atoms with van der Waals surface area (Å²) in [6.45, 7) is 3.76. The Balaban J connectivity index is 1.48. The molecule has 2 heterocycles. The molecule has 0 radical (unpaired) electrons. The molecule has 2 aliphatic heterocycles. The van der Waals surface area contributed by atoms with Gasteiger partial charge in [-0.2, -0.15) is 0 Å². The summed E-state index contributed by atoms with van der Waals surface area (Å²) < 4.78 is 57.3. The predicted molar refractivity (Wildman–Crippen MR) is 152 cm³/mol. The van der Waals surface area contributed by atoms with Crippen molar-refractivity contribution in [3.05, 3.63) is 116 Å². The van der Waals surface area contributed by atoms with Gasteiger partial charge in [-0.3, -0.25) is 4.79 Å². The number of carbonyl (C=O) groups is 1. The normalized spacial score (nSPS) is 23.7. The highest BCUT2D eigenvalue weighted by Gasteiger charge is 2.55. The molecule has 0 spiro atoms. The first-order chi connectivity index (χ1) is 19.1. The molecule has 3 aliphatic carbocycles. The molecule has 0 amide bonds. The third kappa shape index (κ3) is 2.37. The standard InChI is InChI=1S/C33H22O5S2/c1-15-11-23-28-26(21-13-17-7-3-5-9-19(17)32(21)39(23,35)36)31(34)27-22-14-18-8-4-6-10-20(18)33(22)40(37,38)24-12-16(2)25(15)30(28)29(24)27/h3-12,26-27H,13-14H2,1-2H3. The van der Waals surface area contributed by atoms with Crippen molar-refractivity contribution in [2.75, 3.05) is 0 Å². The molecule has 0 bridgehead atoms. The molecule has 9 rings (SSSR count). The average Bonchev–Trinajstić information content (AvgIpc) is 3.50. The molecule has 5 aliphatic rings. The van der Waals surface area contributed by atoms with Crippen molar-refractivity contribution in [1.82, 2.24) is 0 Å². The summed E-state index contributed by atoms with van der Waals surface area (Å²) in [6, 6.07) is 18.4. The van der Waals surface area contributed by atoms with Crippen LogP contribution in [0, 0.1) is 13.8 Å². The second-order valence-corrected chi connectivity index (χ2v) is 15.3. The number of hydrogen-bond donors (Lipinski definition) is 0. The first kappa shape index (κ1) is 22.9. The zero-order chi connectivity index (χ0) is 27.5. The van der Waals surface area contributed by atoms with E-state index in [1.54, 1.807) is 12.1 Å². The van der Waals surface area contributed by atoms with E-state index in [2.05, 4.69) is 0 Å². The second kappa shape index (κ2) is 6.90. The summed E-state index contributed by atoms with van der Waals surface area (Å²) in [5.41, 5.74) is 6.89. The number of ketones is 1. The second-order valence-electron chi connectivity index (χ2n) is 11.6. The summed E-state index contributed by atoms with van der Waals surface area (Å²) in [5, 5.41) is 1.50. The van der Waals surface area contributed by atoms with Crippen LogP contribution in [0.4, 0.5) is 0 Å². The minimum Gasteiger partial charge on any atom is -0.298 e. The van der Waals surface area contributed by atoms with Gasteiger partial charge in [0.05, 0.1) is 31.4 Å². The summed E-state index contributed by atoms with van der Waals surface area (Å²) in [7, 11) is -7.88. The Morgan fingerprint density at radius 1 is 0.625 bits per heavy atom. The molecule has 4 aromatic carbocycles. The average molecular weight is 563 g/mol. The highest BCUT2D eigenvalue weighted by atomic mass is 32.2. The summed E-state index contributed by atoms with van der Waals surface area (Å²) in [6.07, 6.45) is 0.780. The number of hydrogen-bond acceptors (Lipinski definition) is 5. The summed E-state index contributed by atoms with van der Waals surface area (Å²) in [4.78, 5) is 15.7. The zero-order valence-corrected chi connectivity index (χ0v) is 23.3. The van der Waals surface area contributed by atoms with Crippen LogP contribution in [0.5, 0.6) is 0 Å². The molecule has 2 unspecified atom stereocenters. The third-order valence-corrected chi connectivity index (χ3v) is 13.5. The first-order valence-corrected chi connectivity index (χ1v) is 16.4. The zero-order valence-electron chi connectivity index (χ0n) is 21.7. The molecular formula is C33H22O5S2. The van der Waals surface area contributed by atoms with Gasteiger partial charge in [0.2, 0.25) is 19.7 Å². The molecular weight excluding hydrogens is 540 g/mol. The lowest BCUT2D eigenvalue weighted by atomic mass is 9.67. The first-order valence-electron chi connectivity index (χ1n) is 13.4. The third-order valence-electron chi connectivity index (χ3n) is 9.63. The van der Waals surface area contributed by atoms with E-state index in [0.29, 0.717) is 51.6 Å². The number of rotatable bonds is 0. The van der Waals surface area contributed by atoms with Crippen LogP contribution in [0.1, 0.15) is 56.3 Å². The van der Waals surface area contributed by atoms with E-state index in [1.807, 2.05) is 62.4 Å². The van der Waals surface area contributed by atoms with Gasteiger partial charge in [0.15, 0.2) is 5.78 Å². The van der Waals surface area contributed by atoms with Gasteiger partial charge in [-0.05, 0) is 105 Å². The van der Waals surface area contributed by atoms with Crippen LogP contribution in [0.15, 0.2) is 81.6 Å². The number of allylic oxidation sites excluding steroid dienone is 2. The van der Waals surface area contributed by atoms with Crippen molar-refractivity contribution < 1.29 is 21.6 Å². The molecule has 196 valence electrons. The maximum absolute atomic E-state index is 14.9. The fourth-order valence-electron chi connectivity index (χ4n) is 8.25. The Morgan fingerprint density at radius 3 is 1.50 bits per heavy atom. The Bertz CT molecular complexity index is 2130. The van der Waals surface area contributed by atoms with E-state index in [1.165, 1.54) is 0 Å². The maximum Gasteiger partial charge on any atom is 0.207 e. The molecule has 0 N–H and O–H groups in total. The number of fused-ring (bicyclic) bond motifs is 6. The van der Waals surface area contributed by atoms with Crippen molar-refractivity contribution in [3.63, 3.8) is 0 Å². The predicted octanol–water partition coefficient (Wildman–Crippen LogP) is 5.72. The minimum absolute atomic E-state index is 0.116. The lowest BCUT2D eigenvalue weighted by Gasteiger charge is -2.40. The van der Waals surface area contributed by atoms with E-state index in [-0.39, 0.29) is 25.4 Å². The van der Waals surface area contributed by atoms with Gasteiger partial charge < -0.3 is 0 Å². The van der Waals surface area contributed by atoms with Gasteiger partial charge in [-0.25, -0.2) is 16.8 Å². The monoisotopic (exact) mass is 562 g/mol. The van der Waals surface area contributed by atoms with E-state index >= 15 is 0 Å². The topological polar surface area (TPSA) is 85.3 Å². The number of sulfone groups is 2. The molecule has 0 aromatic heterocycles. The van der Waals surface area contributed by atoms with Crippen LogP contribution in [0.25, 0.3) is 20.6 Å². The van der Waals surface area contributed by atoms with Gasteiger partial charge in [0.25, 0.3) is 0 Å². The van der Waals surface area contributed by atoms with Crippen molar-refractivity contribution in [2.45, 2.75) is 48.3 Å². The Hall–Kier alpha value is -3.81. The van der Waals surface area contributed by atoms with Crippen molar-refractivity contribution in [1.29, 1.82) is 0 Å². The summed E-state index contributed by atoms with van der Waals surface area (Å²) >= 11 is 0. The smallest absolute Gasteiger partial charge is 0.207 e. The minimum atomic E-state index is -3.94. The molecule has 40 heavy (non-hydrogen) atoms. The molecule has 5 nitrogen and oxygen atoms in total. The lowest BCUT2D eigenvalue weighted by molar-refractivity contribution is -0.120. The molecule has 7 heteroatoms. The highest BCUT2D eigenvalue weighted by molar-refractivity contribution is 8.01. The fourth-order valence-corrected chi connectivity index (χ4v) is 12.4. The van der Waals surface area contributed by atoms with Gasteiger partial charge in [-0.15, -0.1) is 0 Å². The van der Waals surface area contributed by atoms with Crippen molar-refractivity contribution in [2.24, 2.45) is 0 Å². The van der Waals surface area contributed by atoms with Crippen molar-refractivity contribution >= 4 is 46.0 Å². The fraction of sp³-hybridized carbons (Fsp3) is 0.182. The van der Waals surface area contributed by atoms with Gasteiger partial charge >= 0.3 is 0 Å². The van der Waals surface area contributed by atoms with Crippen molar-refractivity contribution in [3.8, 4) is 0 Å². The van der Waals surface area contributed by atoms with Crippen LogP contribution < -0.4 is 0 Å². The number of aryl methyl sites for hydroxylation is 2. The van der Waals surface area contributed by atoms with Crippen LogP contribution in [0.2, 0.25) is 0 Å².